The Kier molecular flexibility index (Phi) is 4.02. The number of Topliss-reactive ketones (excluding diaryl/α,β-unsaturated/α-hetero) is 1. The SMILES string of the molecule is CC(=O)c1csc(C(=O)N[C@@H](c2nccc(C)n2)C2CC2)c1. The number of amides is 1. The topological polar surface area (TPSA) is 72.0 Å². The Balaban J connectivity index is 1.78. The maximum absolute atomic E-state index is 12.4. The molecular formula is C16H17N3O2S. The number of thiophene rings is 1. The van der Waals surface area contributed by atoms with Gasteiger partial charge in [0.1, 0.15) is 0 Å². The second-order valence-corrected chi connectivity index (χ2v) is 6.51. The van der Waals surface area contributed by atoms with Gasteiger partial charge in [0.05, 0.1) is 10.9 Å². The average Bonchev–Trinajstić information content (AvgIpc) is 3.19. The zero-order chi connectivity index (χ0) is 15.7. The first-order valence-corrected chi connectivity index (χ1v) is 8.12. The van der Waals surface area contributed by atoms with Crippen LogP contribution in [0.15, 0.2) is 23.7 Å². The van der Waals surface area contributed by atoms with E-state index in [9.17, 15) is 9.59 Å². The lowest BCUT2D eigenvalue weighted by Crippen LogP contribution is -2.30. The van der Waals surface area contributed by atoms with Crippen LogP contribution in [0.4, 0.5) is 0 Å². The number of carbonyl (C=O) groups excluding carboxylic acids is 2. The minimum absolute atomic E-state index is 0.0314. The molecule has 0 aliphatic heterocycles. The van der Waals surface area contributed by atoms with Gasteiger partial charge in [-0.3, -0.25) is 9.59 Å². The summed E-state index contributed by atoms with van der Waals surface area (Å²) < 4.78 is 0. The van der Waals surface area contributed by atoms with Crippen molar-refractivity contribution in [3.63, 3.8) is 0 Å². The number of rotatable bonds is 5. The summed E-state index contributed by atoms with van der Waals surface area (Å²) in [6, 6.07) is 3.33. The van der Waals surface area contributed by atoms with Crippen molar-refractivity contribution in [2.45, 2.75) is 32.7 Å². The van der Waals surface area contributed by atoms with Crippen LogP contribution in [0, 0.1) is 12.8 Å². The van der Waals surface area contributed by atoms with Gasteiger partial charge in [-0.1, -0.05) is 0 Å². The van der Waals surface area contributed by atoms with Crippen molar-refractivity contribution >= 4 is 23.0 Å². The fraction of sp³-hybridized carbons (Fsp3) is 0.375. The molecule has 0 aromatic carbocycles. The molecule has 1 amide bonds. The highest BCUT2D eigenvalue weighted by Crippen LogP contribution is 2.40. The van der Waals surface area contributed by atoms with E-state index in [4.69, 9.17) is 0 Å². The number of carbonyl (C=O) groups is 2. The first-order valence-electron chi connectivity index (χ1n) is 7.24. The van der Waals surface area contributed by atoms with Crippen molar-refractivity contribution in [2.75, 3.05) is 0 Å². The molecule has 114 valence electrons. The van der Waals surface area contributed by atoms with Crippen LogP contribution in [-0.2, 0) is 0 Å². The van der Waals surface area contributed by atoms with Gasteiger partial charge in [0.2, 0.25) is 0 Å². The number of nitrogens with zero attached hydrogens (tertiary/aromatic N) is 2. The van der Waals surface area contributed by atoms with Crippen LogP contribution in [0.5, 0.6) is 0 Å². The van der Waals surface area contributed by atoms with Gasteiger partial charge in [-0.2, -0.15) is 0 Å². The van der Waals surface area contributed by atoms with E-state index in [0.29, 0.717) is 22.2 Å². The highest BCUT2D eigenvalue weighted by Gasteiger charge is 2.35. The number of aryl methyl sites for hydroxylation is 1. The summed E-state index contributed by atoms with van der Waals surface area (Å²) in [5, 5.41) is 4.74. The van der Waals surface area contributed by atoms with Gasteiger partial charge in [-0.05, 0) is 44.7 Å². The number of hydrogen-bond donors (Lipinski definition) is 1. The molecule has 1 saturated carbocycles. The van der Waals surface area contributed by atoms with Gasteiger partial charge in [-0.15, -0.1) is 11.3 Å². The molecule has 22 heavy (non-hydrogen) atoms. The van der Waals surface area contributed by atoms with Crippen molar-refractivity contribution in [1.29, 1.82) is 0 Å². The summed E-state index contributed by atoms with van der Waals surface area (Å²) in [5.74, 6) is 0.868. The Morgan fingerprint density at radius 3 is 2.77 bits per heavy atom. The minimum atomic E-state index is -0.167. The van der Waals surface area contributed by atoms with Crippen LogP contribution in [0.3, 0.4) is 0 Å². The minimum Gasteiger partial charge on any atom is -0.341 e. The molecule has 0 radical (unpaired) electrons. The normalized spacial score (nSPS) is 15.4. The van der Waals surface area contributed by atoms with Crippen LogP contribution < -0.4 is 5.32 Å². The van der Waals surface area contributed by atoms with Gasteiger partial charge in [0, 0.05) is 22.8 Å². The number of hydrogen-bond acceptors (Lipinski definition) is 5. The molecule has 2 aromatic rings. The molecule has 5 nitrogen and oxygen atoms in total. The molecule has 1 aliphatic rings. The summed E-state index contributed by atoms with van der Waals surface area (Å²) >= 11 is 1.28. The van der Waals surface area contributed by atoms with Crippen molar-refractivity contribution < 1.29 is 9.59 Å². The molecule has 0 spiro atoms. The molecule has 0 unspecified atom stereocenters. The Morgan fingerprint density at radius 2 is 2.18 bits per heavy atom. The van der Waals surface area contributed by atoms with Crippen LogP contribution >= 0.6 is 11.3 Å². The molecule has 2 aromatic heterocycles. The molecule has 1 atom stereocenters. The second kappa shape index (κ2) is 5.96. The Morgan fingerprint density at radius 1 is 1.41 bits per heavy atom. The van der Waals surface area contributed by atoms with E-state index in [0.717, 1.165) is 18.5 Å². The molecule has 1 N–H and O–H groups in total. The Bertz CT molecular complexity index is 722. The molecular weight excluding hydrogens is 298 g/mol. The van der Waals surface area contributed by atoms with E-state index in [2.05, 4.69) is 15.3 Å². The third-order valence-electron chi connectivity index (χ3n) is 3.70. The van der Waals surface area contributed by atoms with Crippen LogP contribution in [0.2, 0.25) is 0 Å². The molecule has 1 fully saturated rings. The number of ketones is 1. The zero-order valence-corrected chi connectivity index (χ0v) is 13.3. The van der Waals surface area contributed by atoms with Gasteiger partial charge in [-0.25, -0.2) is 9.97 Å². The summed E-state index contributed by atoms with van der Waals surface area (Å²) in [7, 11) is 0. The quantitative estimate of drug-likeness (QED) is 0.861. The first-order chi connectivity index (χ1) is 10.5. The highest BCUT2D eigenvalue weighted by atomic mass is 32.1. The molecule has 1 aliphatic carbocycles. The molecule has 2 heterocycles. The standard InChI is InChI=1S/C16H17N3O2S/c1-9-5-6-17-15(18-9)14(11-3-4-11)19-16(21)13-7-12(8-22-13)10(2)20/h5-8,11,14H,3-4H2,1-2H3,(H,19,21)/t14-/m1/s1. The Labute approximate surface area is 132 Å². The highest BCUT2D eigenvalue weighted by molar-refractivity contribution is 7.12. The van der Waals surface area contributed by atoms with Gasteiger partial charge in [0.15, 0.2) is 11.6 Å². The fourth-order valence-corrected chi connectivity index (χ4v) is 3.14. The van der Waals surface area contributed by atoms with Crippen LogP contribution in [-0.4, -0.2) is 21.7 Å². The van der Waals surface area contributed by atoms with E-state index in [1.54, 1.807) is 17.6 Å². The molecule has 0 saturated heterocycles. The van der Waals surface area contributed by atoms with E-state index < -0.39 is 0 Å². The van der Waals surface area contributed by atoms with E-state index in [-0.39, 0.29) is 17.7 Å². The Hall–Kier alpha value is -2.08. The first kappa shape index (κ1) is 14.8. The average molecular weight is 315 g/mol. The van der Waals surface area contributed by atoms with Crippen LogP contribution in [0.1, 0.15) is 57.4 Å². The van der Waals surface area contributed by atoms with Crippen molar-refractivity contribution in [3.05, 3.63) is 45.7 Å². The van der Waals surface area contributed by atoms with E-state index >= 15 is 0 Å². The fourth-order valence-electron chi connectivity index (χ4n) is 2.29. The third-order valence-corrected chi connectivity index (χ3v) is 4.63. The summed E-state index contributed by atoms with van der Waals surface area (Å²) in [5.41, 5.74) is 1.46. The molecule has 3 rings (SSSR count). The van der Waals surface area contributed by atoms with E-state index in [1.165, 1.54) is 18.3 Å². The lowest BCUT2D eigenvalue weighted by molar-refractivity contribution is 0.0933. The summed E-state index contributed by atoms with van der Waals surface area (Å²) in [6.07, 6.45) is 3.87. The number of aromatic nitrogens is 2. The largest absolute Gasteiger partial charge is 0.341 e. The smallest absolute Gasteiger partial charge is 0.261 e. The van der Waals surface area contributed by atoms with Gasteiger partial charge >= 0.3 is 0 Å². The number of nitrogens with one attached hydrogen (secondary N) is 1. The predicted molar refractivity (Wildman–Crippen MR) is 84.0 cm³/mol. The maximum Gasteiger partial charge on any atom is 0.261 e. The lowest BCUT2D eigenvalue weighted by Gasteiger charge is -2.16. The summed E-state index contributed by atoms with van der Waals surface area (Å²) in [6.45, 7) is 3.41. The van der Waals surface area contributed by atoms with Crippen LogP contribution in [0.25, 0.3) is 0 Å². The zero-order valence-electron chi connectivity index (χ0n) is 12.5. The monoisotopic (exact) mass is 315 g/mol. The van der Waals surface area contributed by atoms with Crippen molar-refractivity contribution in [3.8, 4) is 0 Å². The lowest BCUT2D eigenvalue weighted by atomic mass is 10.1. The van der Waals surface area contributed by atoms with Gasteiger partial charge < -0.3 is 5.32 Å². The van der Waals surface area contributed by atoms with Crippen molar-refractivity contribution in [2.24, 2.45) is 5.92 Å². The molecule has 0 bridgehead atoms. The second-order valence-electron chi connectivity index (χ2n) is 5.60. The van der Waals surface area contributed by atoms with E-state index in [1.807, 2.05) is 13.0 Å². The molecule has 6 heteroatoms. The van der Waals surface area contributed by atoms with Gasteiger partial charge in [0.25, 0.3) is 5.91 Å². The maximum atomic E-state index is 12.4. The third kappa shape index (κ3) is 3.22. The van der Waals surface area contributed by atoms with Crippen molar-refractivity contribution in [1.82, 2.24) is 15.3 Å². The predicted octanol–water partition coefficient (Wildman–Crippen LogP) is 2.93. The summed E-state index contributed by atoms with van der Waals surface area (Å²) in [4.78, 5) is 33.0.